The van der Waals surface area contributed by atoms with Crippen molar-refractivity contribution in [3.8, 4) is 11.3 Å². The first-order valence-electron chi connectivity index (χ1n) is 4.84. The molecule has 0 aromatic carbocycles. The maximum Gasteiger partial charge on any atom is 0.290 e. The Kier molecular flexibility index (Phi) is 2.26. The highest BCUT2D eigenvalue weighted by molar-refractivity contribution is 5.74. The van der Waals surface area contributed by atoms with Gasteiger partial charge in [-0.15, -0.1) is 0 Å². The third-order valence-corrected chi connectivity index (χ3v) is 2.43. The average Bonchev–Trinajstić information content (AvgIpc) is 2.61. The van der Waals surface area contributed by atoms with Crippen molar-refractivity contribution in [2.45, 2.75) is 6.92 Å². The topological polar surface area (TPSA) is 78.7 Å². The molecule has 16 heavy (non-hydrogen) atoms. The monoisotopic (exact) mass is 219 g/mol. The van der Waals surface area contributed by atoms with E-state index in [0.29, 0.717) is 17.0 Å². The molecule has 6 heteroatoms. The average molecular weight is 219 g/mol. The van der Waals surface area contributed by atoms with Crippen LogP contribution in [0.15, 0.2) is 17.1 Å². The van der Waals surface area contributed by atoms with E-state index >= 15 is 0 Å². The zero-order valence-electron chi connectivity index (χ0n) is 9.43. The van der Waals surface area contributed by atoms with E-state index in [1.165, 1.54) is 4.68 Å². The van der Waals surface area contributed by atoms with Crippen molar-refractivity contribution >= 4 is 5.69 Å². The lowest BCUT2D eigenvalue weighted by molar-refractivity contribution is 0.696. The number of nitrogens with zero attached hydrogens (tertiary/aromatic N) is 4. The lowest BCUT2D eigenvalue weighted by atomic mass is 10.1. The van der Waals surface area contributed by atoms with Crippen LogP contribution < -0.4 is 11.3 Å². The van der Waals surface area contributed by atoms with E-state index in [-0.39, 0.29) is 11.2 Å². The first-order valence-corrected chi connectivity index (χ1v) is 4.84. The van der Waals surface area contributed by atoms with Gasteiger partial charge in [0, 0.05) is 20.3 Å². The predicted octanol–water partition coefficient (Wildman–Crippen LogP) is 0.0714. The van der Waals surface area contributed by atoms with Crippen molar-refractivity contribution in [3.05, 3.63) is 28.3 Å². The van der Waals surface area contributed by atoms with Crippen LogP contribution in [0.4, 0.5) is 5.69 Å². The van der Waals surface area contributed by atoms with Crippen LogP contribution in [-0.4, -0.2) is 19.6 Å². The zero-order valence-corrected chi connectivity index (χ0v) is 9.43. The van der Waals surface area contributed by atoms with Crippen LogP contribution in [0, 0.1) is 6.92 Å². The van der Waals surface area contributed by atoms with Crippen molar-refractivity contribution < 1.29 is 0 Å². The number of rotatable bonds is 1. The number of hydrogen-bond acceptors (Lipinski definition) is 4. The maximum absolute atomic E-state index is 11.7. The second kappa shape index (κ2) is 3.48. The van der Waals surface area contributed by atoms with Crippen LogP contribution in [0.2, 0.25) is 0 Å². The fourth-order valence-electron chi connectivity index (χ4n) is 1.67. The van der Waals surface area contributed by atoms with Crippen LogP contribution in [0.1, 0.15) is 5.69 Å². The number of hydrogen-bond donors (Lipinski definition) is 1. The number of nitrogens with two attached hydrogens (primary N) is 1. The quantitative estimate of drug-likeness (QED) is 0.736. The summed E-state index contributed by atoms with van der Waals surface area (Å²) >= 11 is 0. The SMILES string of the molecule is Cc1nn(C)c(=O)c(N)c1-c1ccn(C)n1. The summed E-state index contributed by atoms with van der Waals surface area (Å²) in [5, 5.41) is 8.32. The van der Waals surface area contributed by atoms with Gasteiger partial charge in [-0.2, -0.15) is 10.2 Å². The molecule has 2 aromatic rings. The first kappa shape index (κ1) is 10.4. The standard InChI is InChI=1S/C10H13N5O/c1-6-8(7-4-5-14(2)13-7)9(11)10(16)15(3)12-6/h4-5H,11H2,1-3H3. The van der Waals surface area contributed by atoms with E-state index in [1.54, 1.807) is 30.9 Å². The molecular weight excluding hydrogens is 206 g/mol. The normalized spacial score (nSPS) is 10.7. The minimum atomic E-state index is -0.300. The Bertz CT molecular complexity index is 596. The van der Waals surface area contributed by atoms with Crippen LogP contribution in [-0.2, 0) is 14.1 Å². The lowest BCUT2D eigenvalue weighted by Crippen LogP contribution is -2.24. The highest BCUT2D eigenvalue weighted by Crippen LogP contribution is 2.23. The third-order valence-electron chi connectivity index (χ3n) is 2.43. The molecule has 0 bridgehead atoms. The van der Waals surface area contributed by atoms with Crippen molar-refractivity contribution in [1.82, 2.24) is 19.6 Å². The molecule has 0 radical (unpaired) electrons. The zero-order chi connectivity index (χ0) is 11.9. The van der Waals surface area contributed by atoms with Gasteiger partial charge in [-0.05, 0) is 13.0 Å². The van der Waals surface area contributed by atoms with E-state index in [0.717, 1.165) is 0 Å². The highest BCUT2D eigenvalue weighted by Gasteiger charge is 2.14. The predicted molar refractivity (Wildman–Crippen MR) is 60.8 cm³/mol. The van der Waals surface area contributed by atoms with E-state index in [9.17, 15) is 4.79 Å². The summed E-state index contributed by atoms with van der Waals surface area (Å²) in [6.07, 6.45) is 1.80. The summed E-state index contributed by atoms with van der Waals surface area (Å²) in [6.45, 7) is 1.81. The number of nitrogen functional groups attached to an aromatic ring is 1. The highest BCUT2D eigenvalue weighted by atomic mass is 16.1. The number of aryl methyl sites for hydroxylation is 3. The van der Waals surface area contributed by atoms with Crippen LogP contribution >= 0.6 is 0 Å². The Labute approximate surface area is 92.3 Å². The van der Waals surface area contributed by atoms with Crippen molar-refractivity contribution in [2.75, 3.05) is 5.73 Å². The van der Waals surface area contributed by atoms with E-state index in [2.05, 4.69) is 10.2 Å². The second-order valence-corrected chi connectivity index (χ2v) is 3.68. The summed E-state index contributed by atoms with van der Waals surface area (Å²) < 4.78 is 2.89. The molecule has 84 valence electrons. The Morgan fingerprint density at radius 3 is 2.56 bits per heavy atom. The molecule has 0 fully saturated rings. The molecule has 0 aliphatic heterocycles. The van der Waals surface area contributed by atoms with Crippen LogP contribution in [0.25, 0.3) is 11.3 Å². The molecule has 2 aromatic heterocycles. The minimum absolute atomic E-state index is 0.189. The molecule has 0 spiro atoms. The van der Waals surface area contributed by atoms with Gasteiger partial charge in [0.15, 0.2) is 0 Å². The van der Waals surface area contributed by atoms with Gasteiger partial charge in [-0.3, -0.25) is 9.48 Å². The first-order chi connectivity index (χ1) is 7.50. The van der Waals surface area contributed by atoms with Crippen molar-refractivity contribution in [2.24, 2.45) is 14.1 Å². The molecular formula is C10H13N5O. The van der Waals surface area contributed by atoms with E-state index in [1.807, 2.05) is 7.05 Å². The van der Waals surface area contributed by atoms with Gasteiger partial charge in [-0.25, -0.2) is 4.68 Å². The van der Waals surface area contributed by atoms with E-state index in [4.69, 9.17) is 5.73 Å². The molecule has 2 heterocycles. The van der Waals surface area contributed by atoms with Crippen LogP contribution in [0.5, 0.6) is 0 Å². The smallest absolute Gasteiger partial charge is 0.290 e. The van der Waals surface area contributed by atoms with Crippen LogP contribution in [0.3, 0.4) is 0 Å². The van der Waals surface area contributed by atoms with E-state index < -0.39 is 0 Å². The van der Waals surface area contributed by atoms with Gasteiger partial charge in [0.05, 0.1) is 17.0 Å². The lowest BCUT2D eigenvalue weighted by Gasteiger charge is -2.07. The Morgan fingerprint density at radius 1 is 1.31 bits per heavy atom. The summed E-state index contributed by atoms with van der Waals surface area (Å²) in [4.78, 5) is 11.7. The molecule has 0 saturated heterocycles. The molecule has 0 amide bonds. The minimum Gasteiger partial charge on any atom is -0.394 e. The number of aromatic nitrogens is 4. The van der Waals surface area contributed by atoms with Gasteiger partial charge in [-0.1, -0.05) is 0 Å². The molecule has 0 aliphatic rings. The summed E-state index contributed by atoms with van der Waals surface area (Å²) in [5.41, 5.74) is 7.67. The summed E-state index contributed by atoms with van der Waals surface area (Å²) in [5.74, 6) is 0. The summed E-state index contributed by atoms with van der Waals surface area (Å²) in [7, 11) is 3.39. The molecule has 6 nitrogen and oxygen atoms in total. The van der Waals surface area contributed by atoms with Gasteiger partial charge < -0.3 is 5.73 Å². The summed E-state index contributed by atoms with van der Waals surface area (Å²) in [6, 6.07) is 1.81. The van der Waals surface area contributed by atoms with Gasteiger partial charge in [0.2, 0.25) is 0 Å². The third kappa shape index (κ3) is 1.48. The molecule has 0 atom stereocenters. The van der Waals surface area contributed by atoms with Gasteiger partial charge in [0.1, 0.15) is 5.69 Å². The van der Waals surface area contributed by atoms with Crippen molar-refractivity contribution in [1.29, 1.82) is 0 Å². The molecule has 0 unspecified atom stereocenters. The molecule has 2 N–H and O–H groups in total. The van der Waals surface area contributed by atoms with Crippen molar-refractivity contribution in [3.63, 3.8) is 0 Å². The fraction of sp³-hybridized carbons (Fsp3) is 0.300. The van der Waals surface area contributed by atoms with Gasteiger partial charge in [0.25, 0.3) is 5.56 Å². The molecule has 2 rings (SSSR count). The largest absolute Gasteiger partial charge is 0.394 e. The molecule has 0 saturated carbocycles. The second-order valence-electron chi connectivity index (χ2n) is 3.68. The molecule has 0 aliphatic carbocycles. The Hall–Kier alpha value is -2.11. The maximum atomic E-state index is 11.7. The Morgan fingerprint density at radius 2 is 2.00 bits per heavy atom. The fourth-order valence-corrected chi connectivity index (χ4v) is 1.67. The number of anilines is 1. The van der Waals surface area contributed by atoms with Gasteiger partial charge >= 0.3 is 0 Å². The Balaban J connectivity index is 2.75.